The molecule has 29 heavy (non-hydrogen) atoms. The van der Waals surface area contributed by atoms with Gasteiger partial charge < -0.3 is 15.1 Å². The number of amides is 1. The molecule has 4 rings (SSSR count). The number of fused-ring (bicyclic) bond motifs is 1. The van der Waals surface area contributed by atoms with Crippen molar-refractivity contribution in [3.05, 3.63) is 69.9 Å². The molecule has 2 aromatic carbocycles. The zero-order valence-corrected chi connectivity index (χ0v) is 16.9. The van der Waals surface area contributed by atoms with Crippen LogP contribution in [0.4, 0.5) is 0 Å². The lowest BCUT2D eigenvalue weighted by atomic mass is 9.92. The minimum absolute atomic E-state index is 0.128. The number of aliphatic hydroxyl groups is 1. The number of nitrogens with zero attached hydrogens (tertiary/aromatic N) is 2. The summed E-state index contributed by atoms with van der Waals surface area (Å²) in [4.78, 5) is 14.7. The number of aromatic amines is 1. The van der Waals surface area contributed by atoms with Gasteiger partial charge in [-0.25, -0.2) is 0 Å². The van der Waals surface area contributed by atoms with E-state index >= 15 is 0 Å². The van der Waals surface area contributed by atoms with E-state index in [0.717, 1.165) is 28.7 Å². The lowest BCUT2D eigenvalue weighted by Crippen LogP contribution is -2.32. The number of carbonyl (C=O) groups is 1. The predicted molar refractivity (Wildman–Crippen MR) is 111 cm³/mol. The molecule has 0 unspecified atom stereocenters. The van der Waals surface area contributed by atoms with Crippen molar-refractivity contribution in [1.82, 2.24) is 15.1 Å². The summed E-state index contributed by atoms with van der Waals surface area (Å²) in [5, 5.41) is 27.5. The Kier molecular flexibility index (Phi) is 4.88. The highest BCUT2D eigenvalue weighted by Crippen LogP contribution is 2.45. The molecular formula is C23H25N3O3. The Balaban J connectivity index is 1.91. The van der Waals surface area contributed by atoms with E-state index in [1.54, 1.807) is 11.0 Å². The molecule has 0 radical (unpaired) electrons. The fraction of sp³-hybridized carbons (Fsp3) is 0.304. The van der Waals surface area contributed by atoms with Crippen molar-refractivity contribution in [2.75, 3.05) is 13.2 Å². The molecule has 1 atom stereocenters. The first-order valence-corrected chi connectivity index (χ1v) is 9.85. The predicted octanol–water partition coefficient (Wildman–Crippen LogP) is 3.50. The number of phenolic OH excluding ortho intramolecular Hbond substituents is 1. The maximum atomic E-state index is 13.0. The highest BCUT2D eigenvalue weighted by atomic mass is 16.3. The molecule has 1 amide bonds. The second kappa shape index (κ2) is 7.37. The Morgan fingerprint density at radius 3 is 2.52 bits per heavy atom. The fourth-order valence-electron chi connectivity index (χ4n) is 4.26. The zero-order valence-electron chi connectivity index (χ0n) is 16.9. The molecule has 0 fully saturated rings. The SMILES string of the molecule is CCc1ccc([C@@H]2c3c(-c4c(C)cc(C)cc4O)n[nH]c3C(=O)N2CCO)cc1. The van der Waals surface area contributed by atoms with Crippen LogP contribution in [-0.4, -0.2) is 44.4 Å². The summed E-state index contributed by atoms with van der Waals surface area (Å²) in [6, 6.07) is 11.5. The van der Waals surface area contributed by atoms with Crippen LogP contribution in [0.15, 0.2) is 36.4 Å². The maximum Gasteiger partial charge on any atom is 0.273 e. The number of aliphatic hydroxyl groups excluding tert-OH is 1. The van der Waals surface area contributed by atoms with Crippen LogP contribution >= 0.6 is 0 Å². The second-order valence-electron chi connectivity index (χ2n) is 7.56. The highest BCUT2D eigenvalue weighted by molar-refractivity contribution is 6.00. The Bertz CT molecular complexity index is 1050. The van der Waals surface area contributed by atoms with Crippen LogP contribution in [0.3, 0.4) is 0 Å². The van der Waals surface area contributed by atoms with Gasteiger partial charge in [-0.2, -0.15) is 5.10 Å². The van der Waals surface area contributed by atoms with Crippen molar-refractivity contribution in [1.29, 1.82) is 0 Å². The van der Waals surface area contributed by atoms with Crippen LogP contribution in [0.5, 0.6) is 5.75 Å². The van der Waals surface area contributed by atoms with Crippen LogP contribution in [0.2, 0.25) is 0 Å². The van der Waals surface area contributed by atoms with E-state index in [1.165, 1.54) is 5.56 Å². The van der Waals surface area contributed by atoms with E-state index in [-0.39, 0.29) is 30.9 Å². The van der Waals surface area contributed by atoms with E-state index in [4.69, 9.17) is 0 Å². The topological polar surface area (TPSA) is 89.5 Å². The molecule has 3 aromatic rings. The van der Waals surface area contributed by atoms with E-state index < -0.39 is 0 Å². The normalized spacial score (nSPS) is 15.8. The molecule has 0 saturated heterocycles. The Hall–Kier alpha value is -3.12. The third kappa shape index (κ3) is 3.09. The lowest BCUT2D eigenvalue weighted by Gasteiger charge is -2.26. The summed E-state index contributed by atoms with van der Waals surface area (Å²) in [6.07, 6.45) is 0.933. The molecule has 1 aliphatic heterocycles. The standard InChI is InChI=1S/C23H25N3O3/c1-4-15-5-7-16(8-6-15)22-19-20(18-14(3)11-13(2)12-17(18)28)24-25-21(19)23(29)26(22)9-10-27/h5-8,11-12,22,27-28H,4,9-10H2,1-3H3,(H,24,25)/t22-/m1/s1. The Morgan fingerprint density at radius 2 is 1.90 bits per heavy atom. The minimum Gasteiger partial charge on any atom is -0.507 e. The third-order valence-corrected chi connectivity index (χ3v) is 5.60. The largest absolute Gasteiger partial charge is 0.507 e. The van der Waals surface area contributed by atoms with Crippen molar-refractivity contribution in [2.45, 2.75) is 33.2 Å². The maximum absolute atomic E-state index is 13.0. The minimum atomic E-state index is -0.371. The van der Waals surface area contributed by atoms with Crippen molar-refractivity contribution in [2.24, 2.45) is 0 Å². The Labute approximate surface area is 169 Å². The van der Waals surface area contributed by atoms with Crippen molar-refractivity contribution < 1.29 is 15.0 Å². The van der Waals surface area contributed by atoms with Gasteiger partial charge in [0.15, 0.2) is 0 Å². The van der Waals surface area contributed by atoms with Crippen LogP contribution in [0.25, 0.3) is 11.3 Å². The molecule has 1 aromatic heterocycles. The summed E-state index contributed by atoms with van der Waals surface area (Å²) >= 11 is 0. The van der Waals surface area contributed by atoms with Gasteiger partial charge in [0, 0.05) is 17.7 Å². The van der Waals surface area contributed by atoms with Crippen LogP contribution in [0.1, 0.15) is 51.3 Å². The van der Waals surface area contributed by atoms with Crippen LogP contribution in [0, 0.1) is 13.8 Å². The van der Waals surface area contributed by atoms with Gasteiger partial charge in [-0.15, -0.1) is 0 Å². The molecule has 0 spiro atoms. The number of hydrogen-bond acceptors (Lipinski definition) is 4. The molecule has 1 aliphatic rings. The van der Waals surface area contributed by atoms with Gasteiger partial charge in [0.2, 0.25) is 0 Å². The van der Waals surface area contributed by atoms with Crippen molar-refractivity contribution >= 4 is 5.91 Å². The lowest BCUT2D eigenvalue weighted by molar-refractivity contribution is 0.0706. The highest BCUT2D eigenvalue weighted by Gasteiger charge is 2.42. The van der Waals surface area contributed by atoms with E-state index in [2.05, 4.69) is 29.3 Å². The van der Waals surface area contributed by atoms with Crippen molar-refractivity contribution in [3.63, 3.8) is 0 Å². The van der Waals surface area contributed by atoms with Gasteiger partial charge in [0.1, 0.15) is 17.1 Å². The number of benzene rings is 2. The zero-order chi connectivity index (χ0) is 20.7. The average Bonchev–Trinajstić information content (AvgIpc) is 3.22. The van der Waals surface area contributed by atoms with Gasteiger partial charge in [0.25, 0.3) is 5.91 Å². The number of nitrogens with one attached hydrogen (secondary N) is 1. The first kappa shape index (κ1) is 19.2. The van der Waals surface area contributed by atoms with E-state index in [0.29, 0.717) is 17.0 Å². The molecule has 0 bridgehead atoms. The smallest absolute Gasteiger partial charge is 0.273 e. The van der Waals surface area contributed by atoms with Crippen LogP contribution in [-0.2, 0) is 6.42 Å². The first-order chi connectivity index (χ1) is 14.0. The third-order valence-electron chi connectivity index (χ3n) is 5.60. The number of β-amino-alcohol motifs (C(OH)–C–C–N with tert-alkyl or cyclic N) is 1. The first-order valence-electron chi connectivity index (χ1n) is 9.85. The second-order valence-corrected chi connectivity index (χ2v) is 7.56. The number of carbonyl (C=O) groups excluding carboxylic acids is 1. The number of aromatic hydroxyl groups is 1. The molecule has 3 N–H and O–H groups in total. The van der Waals surface area contributed by atoms with Crippen molar-refractivity contribution in [3.8, 4) is 17.0 Å². The molecule has 6 heteroatoms. The molecule has 0 saturated carbocycles. The average molecular weight is 391 g/mol. The number of aromatic nitrogens is 2. The summed E-state index contributed by atoms with van der Waals surface area (Å²) < 4.78 is 0. The number of rotatable bonds is 5. The summed E-state index contributed by atoms with van der Waals surface area (Å²) in [6.45, 7) is 6.05. The molecule has 6 nitrogen and oxygen atoms in total. The molecule has 2 heterocycles. The van der Waals surface area contributed by atoms with E-state index in [9.17, 15) is 15.0 Å². The fourth-order valence-corrected chi connectivity index (χ4v) is 4.26. The number of phenols is 1. The molecular weight excluding hydrogens is 366 g/mol. The summed E-state index contributed by atoms with van der Waals surface area (Å²) in [7, 11) is 0. The number of H-pyrrole nitrogens is 1. The summed E-state index contributed by atoms with van der Waals surface area (Å²) in [5.74, 6) is -0.0495. The monoisotopic (exact) mass is 391 g/mol. The molecule has 0 aliphatic carbocycles. The van der Waals surface area contributed by atoms with Gasteiger partial charge in [-0.1, -0.05) is 37.3 Å². The van der Waals surface area contributed by atoms with Crippen LogP contribution < -0.4 is 0 Å². The Morgan fingerprint density at radius 1 is 1.17 bits per heavy atom. The number of hydrogen-bond donors (Lipinski definition) is 3. The molecule has 150 valence electrons. The number of aryl methyl sites for hydroxylation is 3. The van der Waals surface area contributed by atoms with Gasteiger partial charge in [-0.05, 0) is 48.6 Å². The van der Waals surface area contributed by atoms with Gasteiger partial charge in [0.05, 0.1) is 12.6 Å². The summed E-state index contributed by atoms with van der Waals surface area (Å²) in [5.41, 5.74) is 6.38. The van der Waals surface area contributed by atoms with Gasteiger partial charge >= 0.3 is 0 Å². The quantitative estimate of drug-likeness (QED) is 0.621. The van der Waals surface area contributed by atoms with E-state index in [1.807, 2.05) is 32.0 Å². The van der Waals surface area contributed by atoms with Gasteiger partial charge in [-0.3, -0.25) is 9.89 Å².